The Balaban J connectivity index is 2.25. The molecule has 0 aromatic heterocycles. The van der Waals surface area contributed by atoms with Crippen LogP contribution in [-0.4, -0.2) is 25.0 Å². The highest BCUT2D eigenvalue weighted by Gasteiger charge is 2.17. The zero-order chi connectivity index (χ0) is 13.1. The summed E-state index contributed by atoms with van der Waals surface area (Å²) in [4.78, 5) is 2.14. The van der Waals surface area contributed by atoms with E-state index >= 15 is 0 Å². The molecule has 0 radical (unpaired) electrons. The van der Waals surface area contributed by atoms with Gasteiger partial charge >= 0.3 is 0 Å². The predicted octanol–water partition coefficient (Wildman–Crippen LogP) is 2.81. The van der Waals surface area contributed by atoms with Crippen molar-refractivity contribution in [2.24, 2.45) is 0 Å². The molecule has 0 saturated heterocycles. The molecule has 1 aromatic carbocycles. The topological polar surface area (TPSA) is 32.7 Å². The maximum absolute atomic E-state index is 9.57. The first kappa shape index (κ1) is 12.7. The molecule has 1 heterocycles. The van der Waals surface area contributed by atoms with Crippen molar-refractivity contribution >= 4 is 11.3 Å². The van der Waals surface area contributed by atoms with Crippen LogP contribution in [0.1, 0.15) is 18.9 Å². The second-order valence-electron chi connectivity index (χ2n) is 4.54. The normalized spacial score (nSPS) is 17.5. The summed E-state index contributed by atoms with van der Waals surface area (Å²) in [7, 11) is 2.03. The fraction of sp³-hybridized carbons (Fsp3) is 0.333. The lowest BCUT2D eigenvalue weighted by Gasteiger charge is -2.24. The number of anilines is 1. The van der Waals surface area contributed by atoms with Crippen molar-refractivity contribution < 1.29 is 9.84 Å². The van der Waals surface area contributed by atoms with Crippen molar-refractivity contribution in [3.8, 4) is 5.75 Å². The molecule has 0 amide bonds. The van der Waals surface area contributed by atoms with E-state index in [1.54, 1.807) is 6.08 Å². The molecule has 2 rings (SSSR count). The van der Waals surface area contributed by atoms with Gasteiger partial charge in [-0.05, 0) is 37.1 Å². The van der Waals surface area contributed by atoms with Crippen LogP contribution < -0.4 is 9.64 Å². The van der Waals surface area contributed by atoms with Gasteiger partial charge in [0.1, 0.15) is 5.75 Å². The van der Waals surface area contributed by atoms with Gasteiger partial charge in [0.25, 0.3) is 0 Å². The standard InChI is InChI=1S/C15H19NO2/c1-4-5-8-16(3)12-6-7-13-11(2)9-15(17)18-14(13)10-12/h4,6-7,9-10,15,17H,1,5,8H2,2-3H3. The van der Waals surface area contributed by atoms with Gasteiger partial charge in [0, 0.05) is 30.9 Å². The summed E-state index contributed by atoms with van der Waals surface area (Å²) in [6.45, 7) is 6.62. The van der Waals surface area contributed by atoms with Gasteiger partial charge in [0.15, 0.2) is 0 Å². The molecule has 0 spiro atoms. The quantitative estimate of drug-likeness (QED) is 0.828. The number of rotatable bonds is 4. The zero-order valence-electron chi connectivity index (χ0n) is 10.9. The number of aliphatic hydroxyl groups excluding tert-OH is 1. The first-order valence-corrected chi connectivity index (χ1v) is 6.11. The third-order valence-corrected chi connectivity index (χ3v) is 3.14. The van der Waals surface area contributed by atoms with Gasteiger partial charge in [-0.15, -0.1) is 6.58 Å². The Bertz CT molecular complexity index is 479. The third-order valence-electron chi connectivity index (χ3n) is 3.14. The first-order chi connectivity index (χ1) is 8.61. The molecule has 0 saturated carbocycles. The van der Waals surface area contributed by atoms with E-state index in [2.05, 4.69) is 17.5 Å². The zero-order valence-corrected chi connectivity index (χ0v) is 10.9. The Morgan fingerprint density at radius 3 is 3.00 bits per heavy atom. The lowest BCUT2D eigenvalue weighted by molar-refractivity contribution is 0.0225. The average Bonchev–Trinajstić information content (AvgIpc) is 2.34. The van der Waals surface area contributed by atoms with E-state index in [0.29, 0.717) is 0 Å². The molecular formula is C15H19NO2. The largest absolute Gasteiger partial charge is 0.461 e. The Morgan fingerprint density at radius 2 is 2.28 bits per heavy atom. The molecule has 18 heavy (non-hydrogen) atoms. The van der Waals surface area contributed by atoms with Crippen molar-refractivity contribution in [2.75, 3.05) is 18.5 Å². The van der Waals surface area contributed by atoms with Gasteiger partial charge in [-0.25, -0.2) is 0 Å². The Hall–Kier alpha value is -1.74. The summed E-state index contributed by atoms with van der Waals surface area (Å²) in [6.07, 6.45) is 3.72. The molecule has 0 bridgehead atoms. The predicted molar refractivity (Wildman–Crippen MR) is 74.8 cm³/mol. The molecule has 1 unspecified atom stereocenters. The second-order valence-corrected chi connectivity index (χ2v) is 4.54. The van der Waals surface area contributed by atoms with Crippen LogP contribution in [0, 0.1) is 0 Å². The second kappa shape index (κ2) is 5.27. The minimum Gasteiger partial charge on any atom is -0.461 e. The van der Waals surface area contributed by atoms with E-state index in [0.717, 1.165) is 35.5 Å². The molecule has 0 fully saturated rings. The van der Waals surface area contributed by atoms with Gasteiger partial charge < -0.3 is 14.7 Å². The minimum absolute atomic E-state index is 0.741. The summed E-state index contributed by atoms with van der Waals surface area (Å²) in [5.74, 6) is 0.741. The molecule has 3 nitrogen and oxygen atoms in total. The van der Waals surface area contributed by atoms with Crippen LogP contribution in [0.15, 0.2) is 36.9 Å². The van der Waals surface area contributed by atoms with Crippen molar-refractivity contribution in [3.05, 3.63) is 42.5 Å². The summed E-state index contributed by atoms with van der Waals surface area (Å²) < 4.78 is 5.43. The summed E-state index contributed by atoms with van der Waals surface area (Å²) >= 11 is 0. The molecule has 1 aliphatic heterocycles. The van der Waals surface area contributed by atoms with Gasteiger partial charge in [0.2, 0.25) is 6.29 Å². The Morgan fingerprint density at radius 1 is 1.50 bits per heavy atom. The number of aliphatic hydroxyl groups is 1. The summed E-state index contributed by atoms with van der Waals surface area (Å²) in [6, 6.07) is 6.07. The number of fused-ring (bicyclic) bond motifs is 1. The minimum atomic E-state index is -0.841. The maximum atomic E-state index is 9.57. The van der Waals surface area contributed by atoms with Gasteiger partial charge in [-0.2, -0.15) is 0 Å². The molecule has 1 aliphatic rings. The average molecular weight is 245 g/mol. The molecule has 1 N–H and O–H groups in total. The molecule has 3 heteroatoms. The van der Waals surface area contributed by atoms with Crippen molar-refractivity contribution in [2.45, 2.75) is 19.6 Å². The highest BCUT2D eigenvalue weighted by molar-refractivity contribution is 5.73. The highest BCUT2D eigenvalue weighted by Crippen LogP contribution is 2.34. The fourth-order valence-corrected chi connectivity index (χ4v) is 2.05. The monoisotopic (exact) mass is 245 g/mol. The van der Waals surface area contributed by atoms with E-state index in [1.807, 2.05) is 32.2 Å². The van der Waals surface area contributed by atoms with E-state index in [-0.39, 0.29) is 0 Å². The number of allylic oxidation sites excluding steroid dienone is 1. The van der Waals surface area contributed by atoms with Crippen LogP contribution in [0.4, 0.5) is 5.69 Å². The van der Waals surface area contributed by atoms with Crippen molar-refractivity contribution in [1.29, 1.82) is 0 Å². The number of benzene rings is 1. The van der Waals surface area contributed by atoms with E-state index < -0.39 is 6.29 Å². The third kappa shape index (κ3) is 2.57. The highest BCUT2D eigenvalue weighted by atomic mass is 16.6. The number of ether oxygens (including phenoxy) is 1. The van der Waals surface area contributed by atoms with Crippen LogP contribution in [0.2, 0.25) is 0 Å². The number of hydrogen-bond acceptors (Lipinski definition) is 3. The fourth-order valence-electron chi connectivity index (χ4n) is 2.05. The van der Waals surface area contributed by atoms with Gasteiger partial charge in [0.05, 0.1) is 0 Å². The first-order valence-electron chi connectivity index (χ1n) is 6.11. The maximum Gasteiger partial charge on any atom is 0.217 e. The van der Waals surface area contributed by atoms with E-state index in [1.165, 1.54) is 0 Å². The molecule has 1 aromatic rings. The lowest BCUT2D eigenvalue weighted by Crippen LogP contribution is -2.20. The Labute approximate surface area is 108 Å². The Kier molecular flexibility index (Phi) is 3.72. The SMILES string of the molecule is C=CCCN(C)c1ccc2c(c1)OC(O)C=C2C. The van der Waals surface area contributed by atoms with Crippen LogP contribution in [0.3, 0.4) is 0 Å². The lowest BCUT2D eigenvalue weighted by atomic mass is 10.0. The van der Waals surface area contributed by atoms with E-state index in [9.17, 15) is 5.11 Å². The van der Waals surface area contributed by atoms with Crippen molar-refractivity contribution in [1.82, 2.24) is 0 Å². The van der Waals surface area contributed by atoms with Crippen LogP contribution in [0.5, 0.6) is 5.75 Å². The molecule has 0 aliphatic carbocycles. The number of hydrogen-bond donors (Lipinski definition) is 1. The summed E-state index contributed by atoms with van der Waals surface area (Å²) in [5.41, 5.74) is 3.17. The molecular weight excluding hydrogens is 226 g/mol. The van der Waals surface area contributed by atoms with Crippen LogP contribution >= 0.6 is 0 Å². The molecule has 96 valence electrons. The summed E-state index contributed by atoms with van der Waals surface area (Å²) in [5, 5.41) is 9.57. The van der Waals surface area contributed by atoms with Gasteiger partial charge in [-0.3, -0.25) is 0 Å². The van der Waals surface area contributed by atoms with Crippen molar-refractivity contribution in [3.63, 3.8) is 0 Å². The smallest absolute Gasteiger partial charge is 0.217 e. The van der Waals surface area contributed by atoms with E-state index in [4.69, 9.17) is 4.74 Å². The van der Waals surface area contributed by atoms with Gasteiger partial charge in [-0.1, -0.05) is 6.08 Å². The number of nitrogens with zero attached hydrogens (tertiary/aromatic N) is 1. The van der Waals surface area contributed by atoms with Crippen LogP contribution in [-0.2, 0) is 0 Å². The molecule has 1 atom stereocenters. The van der Waals surface area contributed by atoms with Crippen LogP contribution in [0.25, 0.3) is 5.57 Å².